The molecule has 0 radical (unpaired) electrons. The molecule has 170 valence electrons. The highest BCUT2D eigenvalue weighted by Crippen LogP contribution is 2.44. The summed E-state index contributed by atoms with van der Waals surface area (Å²) >= 11 is 6.31. The lowest BCUT2D eigenvalue weighted by atomic mass is 9.75. The van der Waals surface area contributed by atoms with Gasteiger partial charge < -0.3 is 9.47 Å². The molecule has 2 N–H and O–H groups in total. The molecular formula is C24H31ClFNO3S. The Morgan fingerprint density at radius 1 is 1.19 bits per heavy atom. The number of rotatable bonds is 7. The van der Waals surface area contributed by atoms with Crippen molar-refractivity contribution in [3.8, 4) is 11.5 Å². The summed E-state index contributed by atoms with van der Waals surface area (Å²) in [6, 6.07) is 12.3. The topological polar surface area (TPSA) is 61.6 Å². The van der Waals surface area contributed by atoms with E-state index in [4.69, 9.17) is 26.2 Å². The van der Waals surface area contributed by atoms with Gasteiger partial charge >= 0.3 is 0 Å². The molecule has 0 bridgehead atoms. The van der Waals surface area contributed by atoms with Gasteiger partial charge in [0.2, 0.25) is 0 Å². The van der Waals surface area contributed by atoms with Gasteiger partial charge in [-0.25, -0.2) is 8.60 Å². The molecule has 0 spiro atoms. The van der Waals surface area contributed by atoms with Crippen LogP contribution in [0, 0.1) is 17.2 Å². The minimum atomic E-state index is -1.64. The van der Waals surface area contributed by atoms with E-state index in [-0.39, 0.29) is 22.1 Å². The Bertz CT molecular complexity index is 898. The first kappa shape index (κ1) is 24.2. The van der Waals surface area contributed by atoms with E-state index in [9.17, 15) is 4.21 Å². The number of nitrogens with two attached hydrogens (primary N) is 1. The molecule has 2 unspecified atom stereocenters. The third kappa shape index (κ3) is 6.07. The molecule has 1 fully saturated rings. The van der Waals surface area contributed by atoms with Crippen molar-refractivity contribution in [3.63, 3.8) is 0 Å². The molecule has 1 aliphatic rings. The van der Waals surface area contributed by atoms with Gasteiger partial charge in [-0.15, -0.1) is 0 Å². The monoisotopic (exact) mass is 467 g/mol. The Morgan fingerprint density at radius 3 is 2.42 bits per heavy atom. The summed E-state index contributed by atoms with van der Waals surface area (Å²) in [4.78, 5) is 0. The molecule has 0 amide bonds. The molecule has 0 aliphatic carbocycles. The molecule has 1 aliphatic heterocycles. The lowest BCUT2D eigenvalue weighted by Gasteiger charge is -2.38. The van der Waals surface area contributed by atoms with Crippen molar-refractivity contribution in [2.24, 2.45) is 16.5 Å². The predicted molar refractivity (Wildman–Crippen MR) is 124 cm³/mol. The molecule has 3 rings (SSSR count). The minimum Gasteiger partial charge on any atom is -0.453 e. The first-order valence-corrected chi connectivity index (χ1v) is 12.3. The lowest BCUT2D eigenvalue weighted by Crippen LogP contribution is -2.41. The Kier molecular flexibility index (Phi) is 8.14. The fraction of sp³-hybridized carbons (Fsp3) is 0.500. The summed E-state index contributed by atoms with van der Waals surface area (Å²) in [6.07, 6.45) is 2.47. The van der Waals surface area contributed by atoms with E-state index in [0.29, 0.717) is 36.9 Å². The number of benzene rings is 2. The average Bonchev–Trinajstić information content (AvgIpc) is 2.71. The average molecular weight is 468 g/mol. The summed E-state index contributed by atoms with van der Waals surface area (Å²) < 4.78 is 39.9. The van der Waals surface area contributed by atoms with Crippen LogP contribution in [0.15, 0.2) is 42.5 Å². The van der Waals surface area contributed by atoms with Gasteiger partial charge in [-0.05, 0) is 54.4 Å². The first-order valence-electron chi connectivity index (χ1n) is 10.6. The van der Waals surface area contributed by atoms with Crippen LogP contribution in [-0.2, 0) is 15.7 Å². The standard InChI is InChI=1S/C24H31ClFNO3S/c1-24(2,3)23(31(27)28)19(15-16-11-13-29-14-12-16)18-9-10-20(25)22(21(18)26)30-17-7-5-4-6-8-17/h4-10,16,19,23H,11-15,27H2,1-3H3/t19-,23?,31?/m0/s1. The van der Waals surface area contributed by atoms with Crippen molar-refractivity contribution in [3.05, 3.63) is 58.9 Å². The second-order valence-electron chi connectivity index (χ2n) is 9.21. The van der Waals surface area contributed by atoms with Crippen LogP contribution in [-0.4, -0.2) is 22.7 Å². The Hall–Kier alpha value is -1.47. The van der Waals surface area contributed by atoms with Crippen LogP contribution < -0.4 is 9.88 Å². The van der Waals surface area contributed by atoms with Gasteiger partial charge in [-0.2, -0.15) is 0 Å². The van der Waals surface area contributed by atoms with E-state index >= 15 is 4.39 Å². The summed E-state index contributed by atoms with van der Waals surface area (Å²) in [7, 11) is -1.64. The van der Waals surface area contributed by atoms with Gasteiger partial charge in [0.1, 0.15) is 5.75 Å². The summed E-state index contributed by atoms with van der Waals surface area (Å²) in [5.41, 5.74) is 0.0580. The van der Waals surface area contributed by atoms with Crippen LogP contribution in [0.1, 0.15) is 51.5 Å². The quantitative estimate of drug-likeness (QED) is 0.526. The van der Waals surface area contributed by atoms with Gasteiger partial charge in [-0.1, -0.05) is 56.6 Å². The van der Waals surface area contributed by atoms with E-state index in [1.807, 2.05) is 39.0 Å². The molecule has 0 saturated carbocycles. The number of hydrogen-bond acceptors (Lipinski definition) is 3. The van der Waals surface area contributed by atoms with E-state index in [1.54, 1.807) is 24.3 Å². The Labute approximate surface area is 191 Å². The van der Waals surface area contributed by atoms with Crippen molar-refractivity contribution in [1.29, 1.82) is 0 Å². The van der Waals surface area contributed by atoms with Gasteiger partial charge in [0, 0.05) is 19.1 Å². The maximum absolute atomic E-state index is 15.9. The third-order valence-electron chi connectivity index (χ3n) is 5.84. The smallest absolute Gasteiger partial charge is 0.181 e. The van der Waals surface area contributed by atoms with Gasteiger partial charge in [-0.3, -0.25) is 5.14 Å². The summed E-state index contributed by atoms with van der Waals surface area (Å²) in [5.74, 6) is -0.0350. The van der Waals surface area contributed by atoms with Gasteiger partial charge in [0.25, 0.3) is 0 Å². The molecule has 7 heteroatoms. The predicted octanol–water partition coefficient (Wildman–Crippen LogP) is 6.21. The number of hydrogen-bond donors (Lipinski definition) is 1. The summed E-state index contributed by atoms with van der Waals surface area (Å²) in [6.45, 7) is 7.36. The highest BCUT2D eigenvalue weighted by molar-refractivity contribution is 7.83. The van der Waals surface area contributed by atoms with Crippen molar-refractivity contribution in [2.45, 2.75) is 51.2 Å². The van der Waals surface area contributed by atoms with Gasteiger partial charge in [0.15, 0.2) is 11.6 Å². The molecule has 2 aromatic rings. The highest BCUT2D eigenvalue weighted by Gasteiger charge is 2.40. The van der Waals surface area contributed by atoms with Crippen molar-refractivity contribution in [1.82, 2.24) is 0 Å². The Balaban J connectivity index is 2.05. The largest absolute Gasteiger partial charge is 0.453 e. The van der Waals surface area contributed by atoms with Crippen LogP contribution in [0.5, 0.6) is 11.5 Å². The normalized spacial score (nSPS) is 18.4. The van der Waals surface area contributed by atoms with Crippen molar-refractivity contribution in [2.75, 3.05) is 13.2 Å². The van der Waals surface area contributed by atoms with E-state index in [2.05, 4.69) is 0 Å². The summed E-state index contributed by atoms with van der Waals surface area (Å²) in [5, 5.41) is 5.73. The van der Waals surface area contributed by atoms with E-state index in [1.165, 1.54) is 0 Å². The van der Waals surface area contributed by atoms with Crippen LogP contribution in [0.2, 0.25) is 5.02 Å². The van der Waals surface area contributed by atoms with Crippen LogP contribution >= 0.6 is 11.6 Å². The molecule has 31 heavy (non-hydrogen) atoms. The second kappa shape index (κ2) is 10.4. The zero-order chi connectivity index (χ0) is 22.6. The molecular weight excluding hydrogens is 437 g/mol. The molecule has 1 saturated heterocycles. The van der Waals surface area contributed by atoms with Gasteiger partial charge in [0.05, 0.1) is 21.3 Å². The minimum absolute atomic E-state index is 0.0159. The fourth-order valence-corrected chi connectivity index (χ4v) is 5.87. The zero-order valence-electron chi connectivity index (χ0n) is 18.3. The number of para-hydroxylation sites is 1. The molecule has 4 nitrogen and oxygen atoms in total. The van der Waals surface area contributed by atoms with Crippen LogP contribution in [0.25, 0.3) is 0 Å². The third-order valence-corrected chi connectivity index (χ3v) is 7.67. The number of ether oxygens (including phenoxy) is 2. The SMILES string of the molecule is CC(C)(C)C([C@@H](CC1CCOCC1)c1ccc(Cl)c(Oc2ccccc2)c1F)S(N)=O. The number of halogens is 2. The molecule has 3 atom stereocenters. The fourth-order valence-electron chi connectivity index (χ4n) is 4.40. The van der Waals surface area contributed by atoms with E-state index in [0.717, 1.165) is 12.8 Å². The Morgan fingerprint density at radius 2 is 1.84 bits per heavy atom. The van der Waals surface area contributed by atoms with Crippen molar-refractivity contribution < 1.29 is 18.1 Å². The zero-order valence-corrected chi connectivity index (χ0v) is 19.8. The van der Waals surface area contributed by atoms with E-state index < -0.39 is 22.1 Å². The molecule has 0 aromatic heterocycles. The highest BCUT2D eigenvalue weighted by atomic mass is 35.5. The maximum Gasteiger partial charge on any atom is 0.181 e. The second-order valence-corrected chi connectivity index (χ2v) is 10.8. The first-order chi connectivity index (χ1) is 14.7. The van der Waals surface area contributed by atoms with Crippen LogP contribution in [0.3, 0.4) is 0 Å². The molecule has 1 heterocycles. The van der Waals surface area contributed by atoms with Crippen molar-refractivity contribution >= 4 is 22.6 Å². The molecule has 2 aromatic carbocycles. The lowest BCUT2D eigenvalue weighted by molar-refractivity contribution is 0.0603. The van der Waals surface area contributed by atoms with Crippen LogP contribution in [0.4, 0.5) is 4.39 Å². The maximum atomic E-state index is 15.9.